The van der Waals surface area contributed by atoms with Crippen LogP contribution in [-0.2, 0) is 0 Å². The second kappa shape index (κ2) is 8.44. The van der Waals surface area contributed by atoms with Crippen molar-refractivity contribution >= 4 is 35.6 Å². The largest absolute Gasteiger partial charge is 0.330 e. The monoisotopic (exact) mass is 317 g/mol. The van der Waals surface area contributed by atoms with Gasteiger partial charge in [-0.25, -0.2) is 0 Å². The molecule has 19 heavy (non-hydrogen) atoms. The van der Waals surface area contributed by atoms with Crippen molar-refractivity contribution in [2.45, 2.75) is 13.3 Å². The number of halogens is 3. The van der Waals surface area contributed by atoms with E-state index in [-0.39, 0.29) is 25.8 Å². The molecule has 0 saturated carbocycles. The van der Waals surface area contributed by atoms with E-state index in [0.717, 1.165) is 5.56 Å². The molecule has 104 valence electrons. The summed E-state index contributed by atoms with van der Waals surface area (Å²) >= 11 is 11.9. The summed E-state index contributed by atoms with van der Waals surface area (Å²) in [6.45, 7) is 0.544. The Morgan fingerprint density at radius 3 is 2.05 bits per heavy atom. The van der Waals surface area contributed by atoms with Gasteiger partial charge in [0.1, 0.15) is 0 Å². The Labute approximate surface area is 131 Å². The first-order valence-corrected chi connectivity index (χ1v) is 6.18. The highest BCUT2D eigenvalue weighted by molar-refractivity contribution is 6.42. The molecule has 0 spiro atoms. The van der Waals surface area contributed by atoms with Crippen LogP contribution < -0.4 is 5.73 Å². The SMILES string of the molecule is C.Cl.NCC(c1ccccc1)c1ccc(Cl)c(Cl)c1. The van der Waals surface area contributed by atoms with Gasteiger partial charge >= 0.3 is 0 Å². The van der Waals surface area contributed by atoms with E-state index >= 15 is 0 Å². The van der Waals surface area contributed by atoms with Crippen molar-refractivity contribution in [1.29, 1.82) is 0 Å². The van der Waals surface area contributed by atoms with Crippen LogP contribution in [0.5, 0.6) is 0 Å². The Morgan fingerprint density at radius 1 is 0.895 bits per heavy atom. The summed E-state index contributed by atoms with van der Waals surface area (Å²) in [4.78, 5) is 0. The van der Waals surface area contributed by atoms with Crippen molar-refractivity contribution in [2.75, 3.05) is 6.54 Å². The molecule has 0 aliphatic rings. The molecule has 0 aliphatic heterocycles. The van der Waals surface area contributed by atoms with Crippen LogP contribution in [-0.4, -0.2) is 6.54 Å². The van der Waals surface area contributed by atoms with Crippen molar-refractivity contribution in [1.82, 2.24) is 0 Å². The van der Waals surface area contributed by atoms with Crippen molar-refractivity contribution < 1.29 is 0 Å². The molecule has 0 aliphatic carbocycles. The molecule has 2 aromatic rings. The highest BCUT2D eigenvalue weighted by Gasteiger charge is 2.13. The lowest BCUT2D eigenvalue weighted by atomic mass is 9.91. The lowest BCUT2D eigenvalue weighted by Gasteiger charge is -2.16. The van der Waals surface area contributed by atoms with Gasteiger partial charge in [-0.05, 0) is 23.3 Å². The zero-order valence-electron chi connectivity index (χ0n) is 9.64. The van der Waals surface area contributed by atoms with Gasteiger partial charge in [0, 0.05) is 12.5 Å². The van der Waals surface area contributed by atoms with Crippen LogP contribution in [0.4, 0.5) is 0 Å². The highest BCUT2D eigenvalue weighted by Crippen LogP contribution is 2.29. The van der Waals surface area contributed by atoms with E-state index in [0.29, 0.717) is 16.6 Å². The van der Waals surface area contributed by atoms with Gasteiger partial charge in [0.15, 0.2) is 0 Å². The van der Waals surface area contributed by atoms with E-state index in [2.05, 4.69) is 12.1 Å². The van der Waals surface area contributed by atoms with Crippen molar-refractivity contribution in [3.05, 3.63) is 69.7 Å². The average molecular weight is 319 g/mol. The fourth-order valence-electron chi connectivity index (χ4n) is 1.88. The molecule has 2 N–H and O–H groups in total. The predicted molar refractivity (Wildman–Crippen MR) is 87.8 cm³/mol. The van der Waals surface area contributed by atoms with Gasteiger partial charge in [-0.15, -0.1) is 12.4 Å². The number of rotatable bonds is 3. The Hall–Kier alpha value is -0.730. The summed E-state index contributed by atoms with van der Waals surface area (Å²) in [5.41, 5.74) is 8.13. The van der Waals surface area contributed by atoms with Crippen LogP contribution in [0.3, 0.4) is 0 Å². The lowest BCUT2D eigenvalue weighted by Crippen LogP contribution is -2.13. The molecule has 0 amide bonds. The Morgan fingerprint density at radius 2 is 1.53 bits per heavy atom. The molecule has 4 heteroatoms. The van der Waals surface area contributed by atoms with Gasteiger partial charge in [0.2, 0.25) is 0 Å². The lowest BCUT2D eigenvalue weighted by molar-refractivity contribution is 0.819. The molecule has 2 aromatic carbocycles. The number of hydrogen-bond acceptors (Lipinski definition) is 1. The standard InChI is InChI=1S/C14H13Cl2N.CH4.ClH/c15-13-7-6-11(8-14(13)16)12(9-17)10-4-2-1-3-5-10;;/h1-8,12H,9,17H2;1H4;1H. The summed E-state index contributed by atoms with van der Waals surface area (Å²) in [7, 11) is 0. The van der Waals surface area contributed by atoms with Crippen LogP contribution in [0.1, 0.15) is 24.5 Å². The molecule has 1 unspecified atom stereocenters. The number of benzene rings is 2. The molecule has 0 radical (unpaired) electrons. The molecule has 0 aromatic heterocycles. The maximum Gasteiger partial charge on any atom is 0.0595 e. The average Bonchev–Trinajstić information content (AvgIpc) is 2.36. The second-order valence-corrected chi connectivity index (χ2v) is 4.69. The fraction of sp³-hybridized carbons (Fsp3) is 0.200. The second-order valence-electron chi connectivity index (χ2n) is 3.87. The smallest absolute Gasteiger partial charge is 0.0595 e. The van der Waals surface area contributed by atoms with E-state index in [1.165, 1.54) is 5.56 Å². The third kappa shape index (κ3) is 4.39. The Kier molecular flexibility index (Phi) is 8.12. The maximum atomic E-state index is 6.03. The van der Waals surface area contributed by atoms with Gasteiger partial charge in [-0.3, -0.25) is 0 Å². The van der Waals surface area contributed by atoms with Gasteiger partial charge in [-0.1, -0.05) is 67.0 Å². The predicted octanol–water partition coefficient (Wildman–Crippen LogP) is 5.14. The molecular weight excluding hydrogens is 301 g/mol. The minimum atomic E-state index is 0. The quantitative estimate of drug-likeness (QED) is 0.833. The Balaban J connectivity index is 0.00000162. The van der Waals surface area contributed by atoms with Crippen LogP contribution in [0.25, 0.3) is 0 Å². The van der Waals surface area contributed by atoms with Gasteiger partial charge in [0.25, 0.3) is 0 Å². The fourth-order valence-corrected chi connectivity index (χ4v) is 2.19. The normalized spacial score (nSPS) is 11.1. The minimum Gasteiger partial charge on any atom is -0.330 e. The molecule has 0 bridgehead atoms. The first-order chi connectivity index (χ1) is 8.22. The molecule has 1 atom stereocenters. The number of hydrogen-bond donors (Lipinski definition) is 1. The zero-order chi connectivity index (χ0) is 12.3. The van der Waals surface area contributed by atoms with E-state index in [9.17, 15) is 0 Å². The molecule has 1 nitrogen and oxygen atoms in total. The first-order valence-electron chi connectivity index (χ1n) is 5.42. The summed E-state index contributed by atoms with van der Waals surface area (Å²) in [5.74, 6) is 0.158. The van der Waals surface area contributed by atoms with E-state index < -0.39 is 0 Å². The van der Waals surface area contributed by atoms with Gasteiger partial charge in [0.05, 0.1) is 10.0 Å². The van der Waals surface area contributed by atoms with E-state index in [1.807, 2.05) is 36.4 Å². The van der Waals surface area contributed by atoms with Crippen LogP contribution in [0.15, 0.2) is 48.5 Å². The van der Waals surface area contributed by atoms with E-state index in [4.69, 9.17) is 28.9 Å². The van der Waals surface area contributed by atoms with Crippen LogP contribution >= 0.6 is 35.6 Å². The minimum absolute atomic E-state index is 0. The highest BCUT2D eigenvalue weighted by atomic mass is 35.5. The molecular formula is C15H18Cl3N. The van der Waals surface area contributed by atoms with Crippen LogP contribution in [0, 0.1) is 0 Å². The molecule has 2 rings (SSSR count). The van der Waals surface area contributed by atoms with Gasteiger partial charge in [-0.2, -0.15) is 0 Å². The summed E-state index contributed by atoms with van der Waals surface area (Å²) in [5, 5.41) is 1.14. The zero-order valence-corrected chi connectivity index (χ0v) is 12.0. The molecule has 0 heterocycles. The summed E-state index contributed by atoms with van der Waals surface area (Å²) in [6, 6.07) is 15.8. The van der Waals surface area contributed by atoms with Crippen molar-refractivity contribution in [3.63, 3.8) is 0 Å². The Bertz CT molecular complexity index is 500. The maximum absolute atomic E-state index is 6.03. The summed E-state index contributed by atoms with van der Waals surface area (Å²) in [6.07, 6.45) is 0. The first kappa shape index (κ1) is 18.3. The molecule has 0 fully saturated rings. The van der Waals surface area contributed by atoms with E-state index in [1.54, 1.807) is 0 Å². The van der Waals surface area contributed by atoms with Crippen molar-refractivity contribution in [3.8, 4) is 0 Å². The third-order valence-corrected chi connectivity index (χ3v) is 3.52. The third-order valence-electron chi connectivity index (χ3n) is 2.78. The van der Waals surface area contributed by atoms with Gasteiger partial charge < -0.3 is 5.73 Å². The van der Waals surface area contributed by atoms with Crippen LogP contribution in [0.2, 0.25) is 10.0 Å². The topological polar surface area (TPSA) is 26.0 Å². The molecule has 0 saturated heterocycles. The summed E-state index contributed by atoms with van der Waals surface area (Å²) < 4.78 is 0. The number of nitrogens with two attached hydrogens (primary N) is 1. The van der Waals surface area contributed by atoms with Crippen molar-refractivity contribution in [2.24, 2.45) is 5.73 Å².